The van der Waals surface area contributed by atoms with Crippen LogP contribution in [0.15, 0.2) is 29.4 Å². The highest BCUT2D eigenvalue weighted by atomic mass is 32.1. The van der Waals surface area contributed by atoms with Crippen LogP contribution in [0, 0.1) is 5.92 Å². The Kier molecular flexibility index (Phi) is 5.02. The number of carbonyl (C=O) groups excluding carboxylic acids is 3. The van der Waals surface area contributed by atoms with Crippen molar-refractivity contribution in [1.29, 1.82) is 0 Å². The number of benzene rings is 1. The van der Waals surface area contributed by atoms with E-state index in [4.69, 9.17) is 18.0 Å². The van der Waals surface area contributed by atoms with Crippen LogP contribution < -0.4 is 21.4 Å². The zero-order chi connectivity index (χ0) is 18.8. The monoisotopic (exact) mass is 373 g/mol. The lowest BCUT2D eigenvalue weighted by Gasteiger charge is -2.31. The Balaban J connectivity index is 2.35. The Morgan fingerprint density at radius 1 is 1.40 bits per heavy atom. The van der Waals surface area contributed by atoms with Crippen LogP contribution in [0.3, 0.4) is 0 Å². The molecule has 1 fully saturated rings. The van der Waals surface area contributed by atoms with Crippen LogP contribution in [-0.2, 0) is 15.8 Å². The molecule has 1 aromatic rings. The third kappa shape index (κ3) is 4.09. The Hall–Kier alpha value is -3.02. The molecule has 2 rings (SSSR count). The van der Waals surface area contributed by atoms with Crippen LogP contribution in [0.5, 0.6) is 0 Å². The maximum atomic E-state index is 12.8. The third-order valence-electron chi connectivity index (χ3n) is 3.03. The molecule has 1 aliphatic heterocycles. The number of carbonyl (C=O) groups is 3. The third-order valence-corrected chi connectivity index (χ3v) is 3.32. The summed E-state index contributed by atoms with van der Waals surface area (Å²) in [4.78, 5) is 35.6. The summed E-state index contributed by atoms with van der Waals surface area (Å²) >= 11 is 4.86. The van der Waals surface area contributed by atoms with Gasteiger partial charge in [0.05, 0.1) is 11.3 Å². The Bertz CT molecular complexity index is 780. The maximum absolute atomic E-state index is 12.8. The van der Waals surface area contributed by atoms with E-state index in [1.165, 1.54) is 6.07 Å². The number of alkyl halides is 3. The number of nitrogens with two attached hydrogens (primary N) is 1. The van der Waals surface area contributed by atoms with Gasteiger partial charge in [0.25, 0.3) is 5.91 Å². The predicted molar refractivity (Wildman–Crippen MR) is 84.4 cm³/mol. The van der Waals surface area contributed by atoms with Crippen LogP contribution >= 0.6 is 12.2 Å². The number of hydrogen-bond donors (Lipinski definition) is 3. The number of nitrogens with one attached hydrogen (secondary N) is 2. The number of halogens is 3. The number of hydrogen-bond acceptors (Lipinski definition) is 5. The van der Waals surface area contributed by atoms with Crippen molar-refractivity contribution in [2.75, 3.05) is 4.90 Å². The summed E-state index contributed by atoms with van der Waals surface area (Å²) in [5.74, 6) is -3.27. The molecule has 4 N–H and O–H groups in total. The average Bonchev–Trinajstić information content (AvgIpc) is 2.49. The number of anilines is 1. The fraction of sp³-hybridized carbons (Fsp3) is 0.154. The van der Waals surface area contributed by atoms with Crippen molar-refractivity contribution in [3.8, 4) is 0 Å². The highest BCUT2D eigenvalue weighted by Crippen LogP contribution is 2.32. The first-order valence-electron chi connectivity index (χ1n) is 6.56. The minimum atomic E-state index is -4.62. The minimum absolute atomic E-state index is 0.175. The van der Waals surface area contributed by atoms with Crippen molar-refractivity contribution in [3.63, 3.8) is 0 Å². The fourth-order valence-electron chi connectivity index (χ4n) is 1.96. The van der Waals surface area contributed by atoms with Crippen LogP contribution in [0.25, 0.3) is 0 Å². The molecule has 25 heavy (non-hydrogen) atoms. The standard InChI is InChI=1S/C13H10F3N5O3S/c14-13(15,16)6-2-1-3-7(4-6)21-10(23)8(5-18-20-11(17)24)9(22)19-12(21)25/h1-5,8H,(H3,17,20,24)(H,19,22,25). The molecular formula is C13H10F3N5O3S. The number of primary amides is 1. The van der Waals surface area contributed by atoms with Crippen molar-refractivity contribution in [3.05, 3.63) is 29.8 Å². The number of nitrogens with zero attached hydrogens (tertiary/aromatic N) is 2. The molecule has 1 saturated heterocycles. The highest BCUT2D eigenvalue weighted by Gasteiger charge is 2.39. The zero-order valence-corrected chi connectivity index (χ0v) is 13.0. The van der Waals surface area contributed by atoms with E-state index in [0.717, 1.165) is 29.3 Å². The van der Waals surface area contributed by atoms with Crippen molar-refractivity contribution in [2.24, 2.45) is 16.8 Å². The van der Waals surface area contributed by atoms with Crippen molar-refractivity contribution >= 4 is 47.1 Å². The molecule has 0 saturated carbocycles. The Morgan fingerprint density at radius 3 is 2.68 bits per heavy atom. The van der Waals surface area contributed by atoms with Gasteiger partial charge in [-0.15, -0.1) is 0 Å². The van der Waals surface area contributed by atoms with E-state index in [0.29, 0.717) is 0 Å². The lowest BCUT2D eigenvalue weighted by Crippen LogP contribution is -2.58. The van der Waals surface area contributed by atoms with E-state index < -0.39 is 35.5 Å². The number of thiocarbonyl (C=S) groups is 1. The summed E-state index contributed by atoms with van der Waals surface area (Å²) in [7, 11) is 0. The Morgan fingerprint density at radius 2 is 2.08 bits per heavy atom. The number of rotatable bonds is 3. The van der Waals surface area contributed by atoms with E-state index in [9.17, 15) is 27.6 Å². The van der Waals surface area contributed by atoms with Gasteiger partial charge >= 0.3 is 12.2 Å². The summed E-state index contributed by atoms with van der Waals surface area (Å²) in [6.45, 7) is 0. The molecule has 0 aliphatic carbocycles. The van der Waals surface area contributed by atoms with Gasteiger partial charge in [-0.3, -0.25) is 14.5 Å². The molecule has 0 radical (unpaired) electrons. The zero-order valence-electron chi connectivity index (χ0n) is 12.2. The molecule has 4 amide bonds. The van der Waals surface area contributed by atoms with Crippen molar-refractivity contribution in [1.82, 2.24) is 10.7 Å². The van der Waals surface area contributed by atoms with Gasteiger partial charge in [-0.1, -0.05) is 6.07 Å². The number of hydrazone groups is 1. The molecule has 132 valence electrons. The normalized spacial score (nSPS) is 18.4. The van der Waals surface area contributed by atoms with Crippen molar-refractivity contribution in [2.45, 2.75) is 6.18 Å². The van der Waals surface area contributed by atoms with E-state index in [2.05, 4.69) is 10.4 Å². The fourth-order valence-corrected chi connectivity index (χ4v) is 2.26. The van der Waals surface area contributed by atoms with Gasteiger partial charge in [0.1, 0.15) is 0 Å². The topological polar surface area (TPSA) is 117 Å². The largest absolute Gasteiger partial charge is 0.416 e. The van der Waals surface area contributed by atoms with E-state index in [1.54, 1.807) is 5.43 Å². The predicted octanol–water partition coefficient (Wildman–Crippen LogP) is 0.723. The second-order valence-electron chi connectivity index (χ2n) is 4.75. The molecule has 1 unspecified atom stereocenters. The van der Waals surface area contributed by atoms with E-state index in [1.807, 2.05) is 0 Å². The first-order valence-corrected chi connectivity index (χ1v) is 6.97. The molecule has 12 heteroatoms. The van der Waals surface area contributed by atoms with Gasteiger partial charge in [-0.2, -0.15) is 18.3 Å². The first-order chi connectivity index (χ1) is 11.6. The van der Waals surface area contributed by atoms with Crippen LogP contribution in [-0.4, -0.2) is 29.2 Å². The molecule has 1 aromatic carbocycles. The molecule has 1 atom stereocenters. The lowest BCUT2D eigenvalue weighted by molar-refractivity contribution is -0.137. The van der Waals surface area contributed by atoms with Gasteiger partial charge in [-0.25, -0.2) is 10.2 Å². The van der Waals surface area contributed by atoms with Crippen molar-refractivity contribution < 1.29 is 27.6 Å². The molecule has 0 bridgehead atoms. The van der Waals surface area contributed by atoms with Gasteiger partial charge in [-0.05, 0) is 30.4 Å². The molecule has 0 spiro atoms. The summed E-state index contributed by atoms with van der Waals surface area (Å²) in [5, 5.41) is 5.14. The molecule has 0 aromatic heterocycles. The van der Waals surface area contributed by atoms with Gasteiger partial charge < -0.3 is 11.1 Å². The van der Waals surface area contributed by atoms with Crippen LogP contribution in [0.1, 0.15) is 5.56 Å². The second kappa shape index (κ2) is 6.84. The second-order valence-corrected chi connectivity index (χ2v) is 5.13. The van der Waals surface area contributed by atoms with Gasteiger partial charge in [0.15, 0.2) is 11.0 Å². The molecule has 1 aliphatic rings. The summed E-state index contributed by atoms with van der Waals surface area (Å²) in [5.41, 5.74) is 5.43. The molecule has 1 heterocycles. The summed E-state index contributed by atoms with van der Waals surface area (Å²) in [6.07, 6.45) is -3.82. The van der Waals surface area contributed by atoms with Gasteiger partial charge in [0.2, 0.25) is 5.91 Å². The smallest absolute Gasteiger partial charge is 0.350 e. The minimum Gasteiger partial charge on any atom is -0.350 e. The summed E-state index contributed by atoms with van der Waals surface area (Å²) in [6, 6.07) is 2.85. The number of urea groups is 1. The highest BCUT2D eigenvalue weighted by molar-refractivity contribution is 7.80. The number of amides is 4. The maximum Gasteiger partial charge on any atom is 0.416 e. The SMILES string of the molecule is NC(=O)NN=CC1C(=O)NC(=S)N(c2cccc(C(F)(F)F)c2)C1=O. The van der Waals surface area contributed by atoms with Gasteiger partial charge in [0, 0.05) is 6.21 Å². The molecule has 8 nitrogen and oxygen atoms in total. The van der Waals surface area contributed by atoms with E-state index in [-0.39, 0.29) is 10.8 Å². The quantitative estimate of drug-likeness (QED) is 0.313. The van der Waals surface area contributed by atoms with Crippen LogP contribution in [0.4, 0.5) is 23.7 Å². The summed E-state index contributed by atoms with van der Waals surface area (Å²) < 4.78 is 38.5. The molecular weight excluding hydrogens is 363 g/mol. The lowest BCUT2D eigenvalue weighted by atomic mass is 10.1. The Labute approximate surface area is 143 Å². The van der Waals surface area contributed by atoms with E-state index >= 15 is 0 Å². The first kappa shape index (κ1) is 18.3. The van der Waals surface area contributed by atoms with Crippen LogP contribution in [0.2, 0.25) is 0 Å². The average molecular weight is 373 g/mol.